The maximum Gasteiger partial charge on any atom is 0.409 e. The van der Waals surface area contributed by atoms with E-state index in [9.17, 15) is 4.79 Å². The fraction of sp³-hybridized carbons (Fsp3) is 0.421. The van der Waals surface area contributed by atoms with Gasteiger partial charge in [-0.1, -0.05) is 44.2 Å². The highest BCUT2D eigenvalue weighted by Crippen LogP contribution is 2.21. The lowest BCUT2D eigenvalue weighted by Crippen LogP contribution is -2.49. The highest BCUT2D eigenvalue weighted by Gasteiger charge is 2.23. The molecule has 0 spiro atoms. The van der Waals surface area contributed by atoms with E-state index >= 15 is 0 Å². The first kappa shape index (κ1) is 17.2. The summed E-state index contributed by atoms with van der Waals surface area (Å²) in [6.45, 7) is 7.29. The van der Waals surface area contributed by atoms with Gasteiger partial charge in [-0.05, 0) is 5.92 Å². The number of aromatic nitrogens is 2. The van der Waals surface area contributed by atoms with E-state index in [1.165, 1.54) is 0 Å². The lowest BCUT2D eigenvalue weighted by Gasteiger charge is -2.34. The first-order valence-electron chi connectivity index (χ1n) is 8.67. The normalized spacial score (nSPS) is 14.7. The number of benzene rings is 1. The predicted octanol–water partition coefficient (Wildman–Crippen LogP) is 3.06. The molecule has 1 aromatic carbocycles. The van der Waals surface area contributed by atoms with Crippen LogP contribution in [0.15, 0.2) is 42.7 Å². The zero-order valence-corrected chi connectivity index (χ0v) is 14.8. The molecule has 1 aliphatic heterocycles. The monoisotopic (exact) mass is 340 g/mol. The molecule has 0 bridgehead atoms. The summed E-state index contributed by atoms with van der Waals surface area (Å²) in [5, 5.41) is 0. The van der Waals surface area contributed by atoms with Crippen LogP contribution in [0.2, 0.25) is 0 Å². The van der Waals surface area contributed by atoms with Gasteiger partial charge in [-0.3, -0.25) is 0 Å². The molecule has 2 aromatic rings. The van der Waals surface area contributed by atoms with Crippen molar-refractivity contribution in [3.8, 4) is 11.3 Å². The van der Waals surface area contributed by atoms with Crippen molar-refractivity contribution < 1.29 is 9.53 Å². The second-order valence-corrected chi connectivity index (χ2v) is 6.57. The van der Waals surface area contributed by atoms with Crippen molar-refractivity contribution in [2.24, 2.45) is 5.92 Å². The van der Waals surface area contributed by atoms with E-state index in [4.69, 9.17) is 4.74 Å². The van der Waals surface area contributed by atoms with Crippen LogP contribution in [0, 0.1) is 5.92 Å². The molecule has 1 aliphatic rings. The van der Waals surface area contributed by atoms with Crippen LogP contribution >= 0.6 is 0 Å². The third-order valence-electron chi connectivity index (χ3n) is 4.12. The lowest BCUT2D eigenvalue weighted by atomic mass is 10.1. The molecule has 6 nitrogen and oxygen atoms in total. The molecule has 25 heavy (non-hydrogen) atoms. The Morgan fingerprint density at radius 2 is 1.84 bits per heavy atom. The Hall–Kier alpha value is -2.63. The molecular formula is C19H24N4O2. The summed E-state index contributed by atoms with van der Waals surface area (Å²) in [7, 11) is 0. The molecule has 2 heterocycles. The SMILES string of the molecule is CC(C)COC(=O)N1CCN(c2cc(-c3ccccc3)ncn2)CC1. The molecule has 1 amide bonds. The van der Waals surface area contributed by atoms with E-state index in [0.29, 0.717) is 25.6 Å². The maximum absolute atomic E-state index is 12.0. The van der Waals surface area contributed by atoms with E-state index in [0.717, 1.165) is 30.2 Å². The highest BCUT2D eigenvalue weighted by atomic mass is 16.6. The quantitative estimate of drug-likeness (QED) is 0.856. The molecule has 0 aliphatic carbocycles. The van der Waals surface area contributed by atoms with Gasteiger partial charge in [-0.25, -0.2) is 14.8 Å². The molecule has 3 rings (SSSR count). The van der Waals surface area contributed by atoms with Crippen LogP contribution in [0.4, 0.5) is 10.6 Å². The van der Waals surface area contributed by atoms with E-state index in [-0.39, 0.29) is 6.09 Å². The third-order valence-corrected chi connectivity index (χ3v) is 4.12. The fourth-order valence-electron chi connectivity index (χ4n) is 2.73. The number of nitrogens with zero attached hydrogens (tertiary/aromatic N) is 4. The van der Waals surface area contributed by atoms with Gasteiger partial charge in [-0.15, -0.1) is 0 Å². The van der Waals surface area contributed by atoms with Crippen LogP contribution < -0.4 is 4.90 Å². The van der Waals surface area contributed by atoms with Gasteiger partial charge in [0.15, 0.2) is 0 Å². The number of amides is 1. The van der Waals surface area contributed by atoms with E-state index in [1.807, 2.05) is 50.2 Å². The fourth-order valence-corrected chi connectivity index (χ4v) is 2.73. The topological polar surface area (TPSA) is 58.6 Å². The van der Waals surface area contributed by atoms with Crippen molar-refractivity contribution >= 4 is 11.9 Å². The van der Waals surface area contributed by atoms with Gasteiger partial charge >= 0.3 is 6.09 Å². The van der Waals surface area contributed by atoms with Gasteiger partial charge < -0.3 is 14.5 Å². The van der Waals surface area contributed by atoms with Gasteiger partial charge in [0.25, 0.3) is 0 Å². The number of piperazine rings is 1. The minimum absolute atomic E-state index is 0.221. The van der Waals surface area contributed by atoms with Crippen LogP contribution in [-0.2, 0) is 4.74 Å². The Morgan fingerprint density at radius 1 is 1.12 bits per heavy atom. The summed E-state index contributed by atoms with van der Waals surface area (Å²) < 4.78 is 5.30. The summed E-state index contributed by atoms with van der Waals surface area (Å²) in [5.41, 5.74) is 1.98. The van der Waals surface area contributed by atoms with Gasteiger partial charge in [0, 0.05) is 37.8 Å². The first-order valence-corrected chi connectivity index (χ1v) is 8.67. The van der Waals surface area contributed by atoms with Gasteiger partial charge in [0.2, 0.25) is 0 Å². The zero-order valence-electron chi connectivity index (χ0n) is 14.8. The molecule has 6 heteroatoms. The molecule has 0 radical (unpaired) electrons. The van der Waals surface area contributed by atoms with Crippen LogP contribution in [0.1, 0.15) is 13.8 Å². The Kier molecular flexibility index (Phi) is 5.48. The molecule has 1 aromatic heterocycles. The summed E-state index contributed by atoms with van der Waals surface area (Å²) in [6, 6.07) is 12.1. The standard InChI is InChI=1S/C19H24N4O2/c1-15(2)13-25-19(24)23-10-8-22(9-11-23)18-12-17(20-14-21-18)16-6-4-3-5-7-16/h3-7,12,14-15H,8-11,13H2,1-2H3. The zero-order chi connectivity index (χ0) is 17.6. The van der Waals surface area contributed by atoms with Crippen molar-refractivity contribution in [3.05, 3.63) is 42.7 Å². The van der Waals surface area contributed by atoms with Crippen LogP contribution in [0.3, 0.4) is 0 Å². The smallest absolute Gasteiger partial charge is 0.409 e. The number of anilines is 1. The van der Waals surface area contributed by atoms with Gasteiger partial charge in [0.1, 0.15) is 12.1 Å². The number of carbonyl (C=O) groups excluding carboxylic acids is 1. The molecular weight excluding hydrogens is 316 g/mol. The van der Waals surface area contributed by atoms with Crippen LogP contribution in [0.5, 0.6) is 0 Å². The molecule has 0 N–H and O–H groups in total. The second kappa shape index (κ2) is 7.96. The van der Waals surface area contributed by atoms with E-state index in [1.54, 1.807) is 11.2 Å². The van der Waals surface area contributed by atoms with E-state index in [2.05, 4.69) is 14.9 Å². The van der Waals surface area contributed by atoms with Crippen LogP contribution in [0.25, 0.3) is 11.3 Å². The third kappa shape index (κ3) is 4.47. The van der Waals surface area contributed by atoms with Crippen molar-refractivity contribution in [1.82, 2.24) is 14.9 Å². The number of ether oxygens (including phenoxy) is 1. The summed E-state index contributed by atoms with van der Waals surface area (Å²) >= 11 is 0. The van der Waals surface area contributed by atoms with Crippen molar-refractivity contribution in [2.75, 3.05) is 37.7 Å². The predicted molar refractivity (Wildman–Crippen MR) is 97.4 cm³/mol. The van der Waals surface area contributed by atoms with Gasteiger partial charge in [0.05, 0.1) is 12.3 Å². The average molecular weight is 340 g/mol. The largest absolute Gasteiger partial charge is 0.449 e. The Morgan fingerprint density at radius 3 is 2.52 bits per heavy atom. The molecule has 1 fully saturated rings. The highest BCUT2D eigenvalue weighted by molar-refractivity contribution is 5.68. The maximum atomic E-state index is 12.0. The summed E-state index contributed by atoms with van der Waals surface area (Å²) in [5.74, 6) is 1.24. The summed E-state index contributed by atoms with van der Waals surface area (Å²) in [4.78, 5) is 24.8. The lowest BCUT2D eigenvalue weighted by molar-refractivity contribution is 0.0901. The van der Waals surface area contributed by atoms with Crippen LogP contribution in [-0.4, -0.2) is 53.7 Å². The van der Waals surface area contributed by atoms with Crippen molar-refractivity contribution in [3.63, 3.8) is 0 Å². The van der Waals surface area contributed by atoms with Crippen molar-refractivity contribution in [1.29, 1.82) is 0 Å². The number of hydrogen-bond acceptors (Lipinski definition) is 5. The minimum Gasteiger partial charge on any atom is -0.449 e. The number of rotatable bonds is 4. The van der Waals surface area contributed by atoms with Gasteiger partial charge in [-0.2, -0.15) is 0 Å². The number of hydrogen-bond donors (Lipinski definition) is 0. The second-order valence-electron chi connectivity index (χ2n) is 6.57. The molecule has 0 unspecified atom stereocenters. The van der Waals surface area contributed by atoms with E-state index < -0.39 is 0 Å². The summed E-state index contributed by atoms with van der Waals surface area (Å²) in [6.07, 6.45) is 1.38. The minimum atomic E-state index is -0.221. The molecule has 1 saturated heterocycles. The van der Waals surface area contributed by atoms with Crippen molar-refractivity contribution in [2.45, 2.75) is 13.8 Å². The Balaban J connectivity index is 1.61. The Labute approximate surface area is 148 Å². The average Bonchev–Trinajstić information content (AvgIpc) is 2.67. The molecule has 0 atom stereocenters. The molecule has 132 valence electrons. The Bertz CT molecular complexity index is 698. The molecule has 0 saturated carbocycles. The first-order chi connectivity index (χ1) is 12.1. The number of carbonyl (C=O) groups is 1.